The van der Waals surface area contributed by atoms with Crippen molar-refractivity contribution < 1.29 is 23.5 Å². The third kappa shape index (κ3) is 3.27. The zero-order valence-electron chi connectivity index (χ0n) is 10.5. The average molecular weight is 301 g/mol. The molecular weight excluding hydrogens is 288 g/mol. The van der Waals surface area contributed by atoms with Gasteiger partial charge in [0.1, 0.15) is 6.04 Å². The van der Waals surface area contributed by atoms with Crippen molar-refractivity contribution in [2.45, 2.75) is 23.8 Å². The molecule has 0 aromatic heterocycles. The quantitative estimate of drug-likeness (QED) is 0.866. The maximum absolute atomic E-state index is 13.0. The molecule has 0 saturated carbocycles. The fraction of sp³-hybridized carbons (Fsp3) is 0.385. The van der Waals surface area contributed by atoms with E-state index in [1.165, 1.54) is 11.0 Å². The van der Waals surface area contributed by atoms with Crippen LogP contribution in [0.5, 0.6) is 0 Å². The van der Waals surface area contributed by atoms with Crippen molar-refractivity contribution in [3.05, 3.63) is 29.8 Å². The number of rotatable bonds is 4. The molecule has 1 heterocycles. The molecule has 1 saturated heterocycles. The first kappa shape index (κ1) is 14.8. The van der Waals surface area contributed by atoms with Gasteiger partial charge in [0, 0.05) is 11.4 Å². The van der Waals surface area contributed by atoms with Gasteiger partial charge in [-0.25, -0.2) is 13.6 Å². The summed E-state index contributed by atoms with van der Waals surface area (Å²) >= 11 is 1.06. The number of carbonyl (C=O) groups is 2. The van der Waals surface area contributed by atoms with Gasteiger partial charge in [-0.2, -0.15) is 0 Å². The first-order valence-corrected chi connectivity index (χ1v) is 7.07. The Hall–Kier alpha value is -1.63. The van der Waals surface area contributed by atoms with Crippen LogP contribution in [-0.2, 0) is 9.59 Å². The summed E-state index contributed by atoms with van der Waals surface area (Å²) in [4.78, 5) is 24.7. The second-order valence-corrected chi connectivity index (χ2v) is 5.50. The van der Waals surface area contributed by atoms with Crippen molar-refractivity contribution in [1.82, 2.24) is 4.90 Å². The van der Waals surface area contributed by atoms with Gasteiger partial charge in [0.25, 0.3) is 0 Å². The van der Waals surface area contributed by atoms with Gasteiger partial charge >= 0.3 is 5.97 Å². The Morgan fingerprint density at radius 2 is 2.10 bits per heavy atom. The normalized spacial score (nSPS) is 18.3. The molecule has 1 aromatic rings. The standard InChI is InChI=1S/C13H13F2NO3S/c14-9-4-3-8(6-10(9)15)20-7-12(17)16-5-1-2-11(16)13(18)19/h3-4,6,11H,1-2,5,7H2,(H,18,19)/t11-/m0/s1. The Kier molecular flexibility index (Phi) is 4.59. The Balaban J connectivity index is 1.94. The molecule has 1 amide bonds. The van der Waals surface area contributed by atoms with Crippen LogP contribution in [0.4, 0.5) is 8.78 Å². The predicted octanol–water partition coefficient (Wildman–Crippen LogP) is 2.13. The van der Waals surface area contributed by atoms with E-state index in [1.54, 1.807) is 0 Å². The van der Waals surface area contributed by atoms with E-state index < -0.39 is 23.6 Å². The first-order valence-electron chi connectivity index (χ1n) is 6.09. The monoisotopic (exact) mass is 301 g/mol. The summed E-state index contributed by atoms with van der Waals surface area (Å²) < 4.78 is 25.8. The topological polar surface area (TPSA) is 57.6 Å². The van der Waals surface area contributed by atoms with Gasteiger partial charge in [0.05, 0.1) is 5.75 Å². The lowest BCUT2D eigenvalue weighted by molar-refractivity contribution is -0.147. The van der Waals surface area contributed by atoms with Gasteiger partial charge in [0.15, 0.2) is 11.6 Å². The van der Waals surface area contributed by atoms with Crippen LogP contribution < -0.4 is 0 Å². The van der Waals surface area contributed by atoms with E-state index in [0.29, 0.717) is 24.3 Å². The highest BCUT2D eigenvalue weighted by atomic mass is 32.2. The summed E-state index contributed by atoms with van der Waals surface area (Å²) in [5, 5.41) is 8.99. The summed E-state index contributed by atoms with van der Waals surface area (Å²) in [7, 11) is 0. The lowest BCUT2D eigenvalue weighted by atomic mass is 10.2. The maximum Gasteiger partial charge on any atom is 0.326 e. The first-order chi connectivity index (χ1) is 9.49. The van der Waals surface area contributed by atoms with Crippen LogP contribution in [0.3, 0.4) is 0 Å². The summed E-state index contributed by atoms with van der Waals surface area (Å²) in [6.07, 6.45) is 1.12. The van der Waals surface area contributed by atoms with Crippen molar-refractivity contribution in [3.8, 4) is 0 Å². The SMILES string of the molecule is O=C(O)[C@@H]1CCCN1C(=O)CSc1ccc(F)c(F)c1. The lowest BCUT2D eigenvalue weighted by Crippen LogP contribution is -2.41. The number of hydrogen-bond acceptors (Lipinski definition) is 3. The van der Waals surface area contributed by atoms with Crippen molar-refractivity contribution in [2.75, 3.05) is 12.3 Å². The molecule has 0 bridgehead atoms. The van der Waals surface area contributed by atoms with Crippen LogP contribution in [-0.4, -0.2) is 40.2 Å². The van der Waals surface area contributed by atoms with Crippen molar-refractivity contribution in [1.29, 1.82) is 0 Å². The number of amides is 1. The molecule has 1 N–H and O–H groups in total. The van der Waals surface area contributed by atoms with Gasteiger partial charge < -0.3 is 10.0 Å². The van der Waals surface area contributed by atoms with Gasteiger partial charge in [-0.05, 0) is 31.0 Å². The molecule has 1 aromatic carbocycles. The van der Waals surface area contributed by atoms with Gasteiger partial charge in [-0.15, -0.1) is 11.8 Å². The minimum atomic E-state index is -1.01. The molecule has 108 valence electrons. The molecule has 0 spiro atoms. The number of benzene rings is 1. The number of nitrogens with zero attached hydrogens (tertiary/aromatic N) is 1. The number of carboxylic acid groups (broad SMARTS) is 1. The number of carbonyl (C=O) groups excluding carboxylic acids is 1. The van der Waals surface area contributed by atoms with Gasteiger partial charge in [-0.1, -0.05) is 0 Å². The lowest BCUT2D eigenvalue weighted by Gasteiger charge is -2.21. The molecule has 4 nitrogen and oxygen atoms in total. The van der Waals surface area contributed by atoms with Crippen molar-refractivity contribution in [3.63, 3.8) is 0 Å². The predicted molar refractivity (Wildman–Crippen MR) is 69.5 cm³/mol. The second-order valence-electron chi connectivity index (χ2n) is 4.45. The van der Waals surface area contributed by atoms with Crippen LogP contribution in [0.25, 0.3) is 0 Å². The zero-order valence-corrected chi connectivity index (χ0v) is 11.3. The van der Waals surface area contributed by atoms with Crippen LogP contribution in [0.1, 0.15) is 12.8 Å². The molecular formula is C13H13F2NO3S. The fourth-order valence-electron chi connectivity index (χ4n) is 2.12. The number of carboxylic acids is 1. The molecule has 7 heteroatoms. The Morgan fingerprint density at radius 3 is 2.75 bits per heavy atom. The number of halogens is 2. The summed E-state index contributed by atoms with van der Waals surface area (Å²) in [5.74, 6) is -3.20. The minimum Gasteiger partial charge on any atom is -0.480 e. The van der Waals surface area contributed by atoms with E-state index in [9.17, 15) is 18.4 Å². The third-order valence-corrected chi connectivity index (χ3v) is 4.09. The number of hydrogen-bond donors (Lipinski definition) is 1. The maximum atomic E-state index is 13.0. The molecule has 0 unspecified atom stereocenters. The molecule has 20 heavy (non-hydrogen) atoms. The van der Waals surface area contributed by atoms with Crippen LogP contribution >= 0.6 is 11.8 Å². The van der Waals surface area contributed by atoms with Gasteiger partial charge in [0.2, 0.25) is 5.91 Å². The smallest absolute Gasteiger partial charge is 0.326 e. The number of aliphatic carboxylic acids is 1. The molecule has 1 fully saturated rings. The Bertz CT molecular complexity index is 538. The number of thioether (sulfide) groups is 1. The van der Waals surface area contributed by atoms with E-state index in [1.807, 2.05) is 0 Å². The van der Waals surface area contributed by atoms with Crippen LogP contribution in [0, 0.1) is 11.6 Å². The fourth-order valence-corrected chi connectivity index (χ4v) is 2.92. The van der Waals surface area contributed by atoms with Gasteiger partial charge in [-0.3, -0.25) is 4.79 Å². The van der Waals surface area contributed by atoms with Crippen molar-refractivity contribution >= 4 is 23.6 Å². The molecule has 1 aliphatic heterocycles. The summed E-state index contributed by atoms with van der Waals surface area (Å²) in [6, 6.07) is 2.63. The summed E-state index contributed by atoms with van der Waals surface area (Å²) in [6.45, 7) is 0.425. The highest BCUT2D eigenvalue weighted by Gasteiger charge is 2.33. The largest absolute Gasteiger partial charge is 0.480 e. The minimum absolute atomic E-state index is 0.00878. The van der Waals surface area contributed by atoms with E-state index in [2.05, 4.69) is 0 Å². The van der Waals surface area contributed by atoms with E-state index >= 15 is 0 Å². The Labute approximate surface area is 118 Å². The molecule has 1 aliphatic rings. The van der Waals surface area contributed by atoms with Crippen molar-refractivity contribution in [2.24, 2.45) is 0 Å². The van der Waals surface area contributed by atoms with E-state index in [0.717, 1.165) is 23.9 Å². The summed E-state index contributed by atoms with van der Waals surface area (Å²) in [5.41, 5.74) is 0. The van der Waals surface area contributed by atoms with E-state index in [-0.39, 0.29) is 11.7 Å². The van der Waals surface area contributed by atoms with Crippen LogP contribution in [0.2, 0.25) is 0 Å². The molecule has 1 atom stereocenters. The third-order valence-electron chi connectivity index (χ3n) is 3.11. The molecule has 2 rings (SSSR count). The van der Waals surface area contributed by atoms with E-state index in [4.69, 9.17) is 5.11 Å². The highest BCUT2D eigenvalue weighted by molar-refractivity contribution is 8.00. The Morgan fingerprint density at radius 1 is 1.35 bits per heavy atom. The molecule has 0 radical (unpaired) electrons. The molecule has 0 aliphatic carbocycles. The average Bonchev–Trinajstić information content (AvgIpc) is 2.89. The number of likely N-dealkylation sites (tertiary alicyclic amines) is 1. The highest BCUT2D eigenvalue weighted by Crippen LogP contribution is 2.23. The van der Waals surface area contributed by atoms with Crippen LogP contribution in [0.15, 0.2) is 23.1 Å². The zero-order chi connectivity index (χ0) is 14.7. The second kappa shape index (κ2) is 6.21.